The Kier molecular flexibility index (Phi) is 4.76. The van der Waals surface area contributed by atoms with Gasteiger partial charge in [0.05, 0.1) is 0 Å². The molecule has 0 bridgehead atoms. The number of benzene rings is 2. The number of carboxylic acid groups (broad SMARTS) is 1. The molecule has 152 valence electrons. The summed E-state index contributed by atoms with van der Waals surface area (Å²) in [4.78, 5) is 25.0. The van der Waals surface area contributed by atoms with E-state index in [-0.39, 0.29) is 25.5 Å². The smallest absolute Gasteiger partial charge is 0.410 e. The summed E-state index contributed by atoms with van der Waals surface area (Å²) in [5, 5.41) is 9.36. The number of likely N-dealkylation sites (tertiary alicyclic amines) is 1. The highest BCUT2D eigenvalue weighted by molar-refractivity contribution is 5.81. The molecule has 2 aromatic carbocycles. The highest BCUT2D eigenvalue weighted by Gasteiger charge is 2.48. The molecule has 5 nitrogen and oxygen atoms in total. The van der Waals surface area contributed by atoms with Gasteiger partial charge in [0, 0.05) is 18.4 Å². The zero-order valence-electron chi connectivity index (χ0n) is 15.8. The number of carboxylic acids is 1. The van der Waals surface area contributed by atoms with Gasteiger partial charge in [0.15, 0.2) is 0 Å². The number of hydrogen-bond donors (Lipinski definition) is 1. The zero-order chi connectivity index (χ0) is 20.8. The first-order valence-corrected chi connectivity index (χ1v) is 9.49. The van der Waals surface area contributed by atoms with Gasteiger partial charge in [-0.25, -0.2) is 18.4 Å². The van der Waals surface area contributed by atoms with Crippen molar-refractivity contribution in [2.75, 3.05) is 13.2 Å². The van der Waals surface area contributed by atoms with E-state index < -0.39 is 29.9 Å². The number of rotatable bonds is 4. The molecule has 0 aromatic heterocycles. The van der Waals surface area contributed by atoms with E-state index in [1.54, 1.807) is 0 Å². The number of nitrogens with zero attached hydrogens (tertiary/aromatic N) is 1. The third-order valence-corrected chi connectivity index (χ3v) is 5.87. The average molecular weight is 401 g/mol. The topological polar surface area (TPSA) is 66.8 Å². The van der Waals surface area contributed by atoms with Crippen LogP contribution >= 0.6 is 0 Å². The van der Waals surface area contributed by atoms with Gasteiger partial charge in [-0.2, -0.15) is 0 Å². The van der Waals surface area contributed by atoms with Gasteiger partial charge in [0.25, 0.3) is 0 Å². The van der Waals surface area contributed by atoms with E-state index in [2.05, 4.69) is 0 Å². The number of ether oxygens (including phenoxy) is 1. The van der Waals surface area contributed by atoms with Crippen molar-refractivity contribution in [3.05, 3.63) is 59.7 Å². The summed E-state index contributed by atoms with van der Waals surface area (Å²) in [6, 6.07) is 14.3. The van der Waals surface area contributed by atoms with Crippen LogP contribution in [0.5, 0.6) is 0 Å². The SMILES string of the molecule is CC(F)(F)C1CC(C(=O)O)N(C(=O)OCC2c3ccccc3-c3ccccc32)C1. The van der Waals surface area contributed by atoms with Crippen molar-refractivity contribution < 1.29 is 28.2 Å². The van der Waals surface area contributed by atoms with Gasteiger partial charge in [-0.1, -0.05) is 48.5 Å². The molecule has 0 spiro atoms. The number of amides is 1. The fourth-order valence-electron chi connectivity index (χ4n) is 4.32. The zero-order valence-corrected chi connectivity index (χ0v) is 15.8. The van der Waals surface area contributed by atoms with E-state index in [1.807, 2.05) is 48.5 Å². The molecular formula is C22H21F2NO4. The molecule has 2 aliphatic rings. The summed E-state index contributed by atoms with van der Waals surface area (Å²) >= 11 is 0. The molecule has 2 atom stereocenters. The quantitative estimate of drug-likeness (QED) is 0.826. The Hall–Kier alpha value is -2.96. The maximum Gasteiger partial charge on any atom is 0.410 e. The second kappa shape index (κ2) is 7.13. The second-order valence-corrected chi connectivity index (χ2v) is 7.70. The Morgan fingerprint density at radius 1 is 1.10 bits per heavy atom. The number of alkyl halides is 2. The maximum atomic E-state index is 13.7. The van der Waals surface area contributed by atoms with Gasteiger partial charge in [0.2, 0.25) is 5.92 Å². The molecule has 1 N–H and O–H groups in total. The second-order valence-electron chi connectivity index (χ2n) is 7.70. The van der Waals surface area contributed by atoms with Crippen molar-refractivity contribution in [2.45, 2.75) is 31.2 Å². The van der Waals surface area contributed by atoms with E-state index in [0.717, 1.165) is 34.1 Å². The minimum absolute atomic E-state index is 0.0167. The lowest BCUT2D eigenvalue weighted by Crippen LogP contribution is -2.41. The Balaban J connectivity index is 1.52. The largest absolute Gasteiger partial charge is 0.480 e. The Bertz CT molecular complexity index is 910. The third kappa shape index (κ3) is 3.45. The summed E-state index contributed by atoms with van der Waals surface area (Å²) in [7, 11) is 0. The van der Waals surface area contributed by atoms with E-state index >= 15 is 0 Å². The first kappa shape index (κ1) is 19.4. The molecule has 1 heterocycles. The molecule has 2 aromatic rings. The summed E-state index contributed by atoms with van der Waals surface area (Å²) < 4.78 is 32.8. The molecule has 1 amide bonds. The Morgan fingerprint density at radius 3 is 2.17 bits per heavy atom. The van der Waals surface area contributed by atoms with Crippen molar-refractivity contribution in [3.8, 4) is 11.1 Å². The van der Waals surface area contributed by atoms with Gasteiger partial charge < -0.3 is 9.84 Å². The van der Waals surface area contributed by atoms with Crippen LogP contribution in [0.1, 0.15) is 30.4 Å². The molecule has 1 saturated heterocycles. The first-order valence-electron chi connectivity index (χ1n) is 9.49. The van der Waals surface area contributed by atoms with Crippen LogP contribution in [-0.2, 0) is 9.53 Å². The molecule has 29 heavy (non-hydrogen) atoms. The van der Waals surface area contributed by atoms with Crippen LogP contribution in [0.15, 0.2) is 48.5 Å². The van der Waals surface area contributed by atoms with Crippen LogP contribution in [-0.4, -0.2) is 47.2 Å². The molecule has 1 aliphatic carbocycles. The Labute approximate surface area is 166 Å². The molecule has 7 heteroatoms. The fourth-order valence-corrected chi connectivity index (χ4v) is 4.32. The van der Waals surface area contributed by atoms with Crippen LogP contribution in [0.2, 0.25) is 0 Å². The van der Waals surface area contributed by atoms with Gasteiger partial charge in [0.1, 0.15) is 12.6 Å². The Morgan fingerprint density at radius 2 is 1.66 bits per heavy atom. The lowest BCUT2D eigenvalue weighted by molar-refractivity contribution is -0.141. The highest BCUT2D eigenvalue weighted by atomic mass is 19.3. The van der Waals surface area contributed by atoms with Crippen molar-refractivity contribution in [2.24, 2.45) is 5.92 Å². The highest BCUT2D eigenvalue weighted by Crippen LogP contribution is 2.44. The number of aliphatic carboxylic acids is 1. The number of halogens is 2. The molecule has 0 radical (unpaired) electrons. The van der Waals surface area contributed by atoms with Crippen molar-refractivity contribution in [1.82, 2.24) is 4.90 Å². The number of carbonyl (C=O) groups is 2. The van der Waals surface area contributed by atoms with E-state index in [0.29, 0.717) is 0 Å². The van der Waals surface area contributed by atoms with Crippen LogP contribution in [0.25, 0.3) is 11.1 Å². The number of carbonyl (C=O) groups excluding carboxylic acids is 1. The maximum absolute atomic E-state index is 13.7. The molecule has 1 aliphatic heterocycles. The fraction of sp³-hybridized carbons (Fsp3) is 0.364. The van der Waals surface area contributed by atoms with Gasteiger partial charge in [-0.05, 0) is 35.6 Å². The molecule has 2 unspecified atom stereocenters. The predicted molar refractivity (Wildman–Crippen MR) is 102 cm³/mol. The standard InChI is InChI=1S/C22H21F2NO4/c1-22(23,24)13-10-19(20(26)27)25(11-13)21(28)29-12-18-16-8-4-2-6-14(16)15-7-3-5-9-17(15)18/h2-9,13,18-19H,10-12H2,1H3,(H,26,27). The lowest BCUT2D eigenvalue weighted by Gasteiger charge is -2.23. The van der Waals surface area contributed by atoms with Crippen molar-refractivity contribution in [3.63, 3.8) is 0 Å². The average Bonchev–Trinajstić information content (AvgIpc) is 3.27. The molecular weight excluding hydrogens is 380 g/mol. The van der Waals surface area contributed by atoms with Crippen molar-refractivity contribution >= 4 is 12.1 Å². The van der Waals surface area contributed by atoms with E-state index in [9.17, 15) is 23.5 Å². The van der Waals surface area contributed by atoms with Crippen molar-refractivity contribution in [1.29, 1.82) is 0 Å². The minimum Gasteiger partial charge on any atom is -0.480 e. The predicted octanol–water partition coefficient (Wildman–Crippen LogP) is 4.37. The van der Waals surface area contributed by atoms with Gasteiger partial charge in [-0.3, -0.25) is 4.90 Å². The van der Waals surface area contributed by atoms with Gasteiger partial charge >= 0.3 is 12.1 Å². The normalized spacial score (nSPS) is 21.0. The molecule has 0 saturated carbocycles. The molecule has 1 fully saturated rings. The van der Waals surface area contributed by atoms with Crippen LogP contribution < -0.4 is 0 Å². The third-order valence-electron chi connectivity index (χ3n) is 5.87. The van der Waals surface area contributed by atoms with E-state index in [1.165, 1.54) is 0 Å². The summed E-state index contributed by atoms with van der Waals surface area (Å²) in [6.07, 6.45) is -1.16. The van der Waals surface area contributed by atoms with E-state index in [4.69, 9.17) is 4.74 Å². The van der Waals surface area contributed by atoms with Crippen LogP contribution in [0.3, 0.4) is 0 Å². The minimum atomic E-state index is -3.06. The van der Waals surface area contributed by atoms with Crippen LogP contribution in [0, 0.1) is 5.92 Å². The summed E-state index contributed by atoms with van der Waals surface area (Å²) in [6.45, 7) is 0.428. The molecule has 4 rings (SSSR count). The summed E-state index contributed by atoms with van der Waals surface area (Å²) in [5.41, 5.74) is 4.19. The van der Waals surface area contributed by atoms with Gasteiger partial charge in [-0.15, -0.1) is 0 Å². The number of fused-ring (bicyclic) bond motifs is 3. The number of hydrogen-bond acceptors (Lipinski definition) is 3. The summed E-state index contributed by atoms with van der Waals surface area (Å²) in [5.74, 6) is -5.75. The lowest BCUT2D eigenvalue weighted by atomic mass is 9.98. The first-order chi connectivity index (χ1) is 13.8. The monoisotopic (exact) mass is 401 g/mol. The van der Waals surface area contributed by atoms with Crippen LogP contribution in [0.4, 0.5) is 13.6 Å².